The molecule has 2 atom stereocenters. The summed E-state index contributed by atoms with van der Waals surface area (Å²) in [5.74, 6) is 0.272. The number of halogens is 2. The highest BCUT2D eigenvalue weighted by Crippen LogP contribution is 2.21. The minimum absolute atomic E-state index is 0. The van der Waals surface area contributed by atoms with Gasteiger partial charge in [0.05, 0.1) is 15.5 Å². The molecule has 0 aliphatic carbocycles. The van der Waals surface area contributed by atoms with Crippen LogP contribution in [0.4, 0.5) is 0 Å². The van der Waals surface area contributed by atoms with E-state index in [0.717, 1.165) is 13.0 Å². The first-order chi connectivity index (χ1) is 9.44. The average molecular weight is 350 g/mol. The quantitative estimate of drug-likeness (QED) is 0.873. The van der Waals surface area contributed by atoms with E-state index in [-0.39, 0.29) is 39.8 Å². The number of piperidine rings is 1. The summed E-state index contributed by atoms with van der Waals surface area (Å²) < 4.78 is 27.4. The first kappa shape index (κ1) is 18.2. The summed E-state index contributed by atoms with van der Waals surface area (Å²) in [5.41, 5.74) is 0.157. The SMILES string of the molecule is CC1CCNCC1NS(=O)(=O)c1ccc(Cl)c(C#N)c1.Cl. The van der Waals surface area contributed by atoms with Gasteiger partial charge in [-0.1, -0.05) is 18.5 Å². The van der Waals surface area contributed by atoms with E-state index in [0.29, 0.717) is 6.54 Å². The molecule has 2 unspecified atom stereocenters. The van der Waals surface area contributed by atoms with Crippen LogP contribution in [0.25, 0.3) is 0 Å². The molecule has 1 aromatic rings. The molecule has 0 radical (unpaired) electrons. The van der Waals surface area contributed by atoms with Gasteiger partial charge in [0, 0.05) is 12.6 Å². The van der Waals surface area contributed by atoms with Gasteiger partial charge in [-0.05, 0) is 37.1 Å². The van der Waals surface area contributed by atoms with Crippen LogP contribution in [0.2, 0.25) is 5.02 Å². The molecule has 1 heterocycles. The number of nitrogens with one attached hydrogen (secondary N) is 2. The fourth-order valence-corrected chi connectivity index (χ4v) is 3.70. The third kappa shape index (κ3) is 4.31. The van der Waals surface area contributed by atoms with Crippen molar-refractivity contribution in [1.82, 2.24) is 10.0 Å². The zero-order valence-electron chi connectivity index (χ0n) is 11.5. The second kappa shape index (κ2) is 7.43. The van der Waals surface area contributed by atoms with Gasteiger partial charge < -0.3 is 5.32 Å². The number of nitriles is 1. The molecule has 116 valence electrons. The minimum atomic E-state index is -3.64. The normalized spacial score (nSPS) is 22.1. The van der Waals surface area contributed by atoms with E-state index in [4.69, 9.17) is 16.9 Å². The summed E-state index contributed by atoms with van der Waals surface area (Å²) in [5, 5.41) is 12.3. The lowest BCUT2D eigenvalue weighted by molar-refractivity contribution is 0.327. The van der Waals surface area contributed by atoms with Crippen molar-refractivity contribution in [3.05, 3.63) is 28.8 Å². The molecule has 1 saturated heterocycles. The highest BCUT2D eigenvalue weighted by atomic mass is 35.5. The number of hydrogen-bond donors (Lipinski definition) is 2. The number of nitrogens with zero attached hydrogens (tertiary/aromatic N) is 1. The molecule has 0 aromatic heterocycles. The fourth-order valence-electron chi connectivity index (χ4n) is 2.17. The molecule has 5 nitrogen and oxygen atoms in total. The highest BCUT2D eigenvalue weighted by Gasteiger charge is 2.26. The second-order valence-corrected chi connectivity index (χ2v) is 7.07. The van der Waals surface area contributed by atoms with Crippen molar-refractivity contribution >= 4 is 34.0 Å². The molecule has 0 bridgehead atoms. The summed E-state index contributed by atoms with van der Waals surface area (Å²) in [6, 6.07) is 5.87. The first-order valence-electron chi connectivity index (χ1n) is 6.37. The van der Waals surface area contributed by atoms with E-state index in [1.165, 1.54) is 18.2 Å². The van der Waals surface area contributed by atoms with E-state index >= 15 is 0 Å². The van der Waals surface area contributed by atoms with Gasteiger partial charge in [0.2, 0.25) is 10.0 Å². The van der Waals surface area contributed by atoms with Gasteiger partial charge in [0.15, 0.2) is 0 Å². The lowest BCUT2D eigenvalue weighted by Crippen LogP contribution is -2.50. The Balaban J connectivity index is 0.00000220. The maximum atomic E-state index is 12.3. The van der Waals surface area contributed by atoms with Crippen LogP contribution in [0.3, 0.4) is 0 Å². The Kier molecular flexibility index (Phi) is 6.44. The summed E-state index contributed by atoms with van der Waals surface area (Å²) in [4.78, 5) is 0.0659. The van der Waals surface area contributed by atoms with Crippen LogP contribution >= 0.6 is 24.0 Å². The lowest BCUT2D eigenvalue weighted by atomic mass is 9.96. The molecular weight excluding hydrogens is 333 g/mol. The van der Waals surface area contributed by atoms with E-state index in [1.807, 2.05) is 13.0 Å². The third-order valence-electron chi connectivity index (χ3n) is 3.50. The Morgan fingerprint density at radius 1 is 1.48 bits per heavy atom. The summed E-state index contributed by atoms with van der Waals surface area (Å²) in [7, 11) is -3.64. The van der Waals surface area contributed by atoms with Crippen LogP contribution in [0.1, 0.15) is 18.9 Å². The Morgan fingerprint density at radius 3 is 2.81 bits per heavy atom. The molecular formula is C13H17Cl2N3O2S. The molecule has 0 amide bonds. The van der Waals surface area contributed by atoms with E-state index in [9.17, 15) is 8.42 Å². The zero-order chi connectivity index (χ0) is 14.8. The number of benzene rings is 1. The summed E-state index contributed by atoms with van der Waals surface area (Å²) in [6.45, 7) is 3.54. The van der Waals surface area contributed by atoms with Gasteiger partial charge in [0.25, 0.3) is 0 Å². The first-order valence-corrected chi connectivity index (χ1v) is 8.23. The topological polar surface area (TPSA) is 82.0 Å². The van der Waals surface area contributed by atoms with Crippen molar-refractivity contribution < 1.29 is 8.42 Å². The van der Waals surface area contributed by atoms with E-state index in [2.05, 4.69) is 10.0 Å². The van der Waals surface area contributed by atoms with Gasteiger partial charge in [-0.3, -0.25) is 0 Å². The van der Waals surface area contributed by atoms with Crippen molar-refractivity contribution in [3.63, 3.8) is 0 Å². The smallest absolute Gasteiger partial charge is 0.240 e. The summed E-state index contributed by atoms with van der Waals surface area (Å²) in [6.07, 6.45) is 0.928. The van der Waals surface area contributed by atoms with Gasteiger partial charge >= 0.3 is 0 Å². The largest absolute Gasteiger partial charge is 0.315 e. The zero-order valence-corrected chi connectivity index (χ0v) is 13.9. The maximum absolute atomic E-state index is 12.3. The Morgan fingerprint density at radius 2 is 2.19 bits per heavy atom. The summed E-state index contributed by atoms with van der Waals surface area (Å²) >= 11 is 5.81. The Labute approximate surface area is 136 Å². The molecule has 21 heavy (non-hydrogen) atoms. The van der Waals surface area contributed by atoms with Gasteiger partial charge in [0.1, 0.15) is 6.07 Å². The van der Waals surface area contributed by atoms with Crippen molar-refractivity contribution in [2.24, 2.45) is 5.92 Å². The predicted molar refractivity (Wildman–Crippen MR) is 84.2 cm³/mol. The standard InChI is InChI=1S/C13H16ClN3O2S.ClH/c1-9-4-5-16-8-13(9)17-20(18,19)11-2-3-12(14)10(6-11)7-15;/h2-3,6,9,13,16-17H,4-5,8H2,1H3;1H. The lowest BCUT2D eigenvalue weighted by Gasteiger charge is -2.30. The Bertz CT molecular complexity index is 643. The molecule has 1 fully saturated rings. The van der Waals surface area contributed by atoms with Crippen LogP contribution in [0.5, 0.6) is 0 Å². The predicted octanol–water partition coefficient (Wildman–Crippen LogP) is 1.91. The molecule has 0 saturated carbocycles. The van der Waals surface area contributed by atoms with Crippen molar-refractivity contribution in [2.75, 3.05) is 13.1 Å². The molecule has 1 aliphatic rings. The van der Waals surface area contributed by atoms with Crippen molar-refractivity contribution in [1.29, 1.82) is 5.26 Å². The number of hydrogen-bond acceptors (Lipinski definition) is 4. The molecule has 2 rings (SSSR count). The molecule has 8 heteroatoms. The third-order valence-corrected chi connectivity index (χ3v) is 5.32. The molecule has 1 aromatic carbocycles. The fraction of sp³-hybridized carbons (Fsp3) is 0.462. The minimum Gasteiger partial charge on any atom is -0.315 e. The van der Waals surface area contributed by atoms with Crippen molar-refractivity contribution in [2.45, 2.75) is 24.3 Å². The molecule has 1 aliphatic heterocycles. The van der Waals surface area contributed by atoms with Crippen LogP contribution < -0.4 is 10.0 Å². The number of sulfonamides is 1. The molecule has 2 N–H and O–H groups in total. The maximum Gasteiger partial charge on any atom is 0.240 e. The van der Waals surface area contributed by atoms with E-state index < -0.39 is 10.0 Å². The van der Waals surface area contributed by atoms with Crippen molar-refractivity contribution in [3.8, 4) is 6.07 Å². The monoisotopic (exact) mass is 349 g/mol. The van der Waals surface area contributed by atoms with Crippen LogP contribution in [-0.4, -0.2) is 27.5 Å². The Hall–Kier alpha value is -0.840. The second-order valence-electron chi connectivity index (χ2n) is 4.95. The van der Waals surface area contributed by atoms with Crippen LogP contribution in [0.15, 0.2) is 23.1 Å². The average Bonchev–Trinajstić information content (AvgIpc) is 2.41. The molecule has 0 spiro atoms. The van der Waals surface area contributed by atoms with Crippen LogP contribution in [-0.2, 0) is 10.0 Å². The number of rotatable bonds is 3. The van der Waals surface area contributed by atoms with Gasteiger partial charge in [-0.25, -0.2) is 13.1 Å². The van der Waals surface area contributed by atoms with E-state index in [1.54, 1.807) is 0 Å². The van der Waals surface area contributed by atoms with Crippen LogP contribution in [0, 0.1) is 17.2 Å². The van der Waals surface area contributed by atoms with Gasteiger partial charge in [-0.15, -0.1) is 12.4 Å². The van der Waals surface area contributed by atoms with Gasteiger partial charge in [-0.2, -0.15) is 5.26 Å². The highest BCUT2D eigenvalue weighted by molar-refractivity contribution is 7.89.